The van der Waals surface area contributed by atoms with Gasteiger partial charge in [0.15, 0.2) is 0 Å². The van der Waals surface area contributed by atoms with E-state index in [1.54, 1.807) is 26.8 Å². The zero-order valence-corrected chi connectivity index (χ0v) is 19.8. The van der Waals surface area contributed by atoms with Gasteiger partial charge in [-0.3, -0.25) is 14.4 Å². The molecule has 2 heterocycles. The van der Waals surface area contributed by atoms with Crippen LogP contribution in [-0.4, -0.2) is 40.8 Å². The Morgan fingerprint density at radius 1 is 1.21 bits per heavy atom. The molecule has 1 aromatic heterocycles. The second-order valence-electron chi connectivity index (χ2n) is 8.15. The largest absolute Gasteiger partial charge is 0.456 e. The Balaban J connectivity index is 2.44. The number of halogens is 1. The first-order chi connectivity index (χ1) is 16.2. The van der Waals surface area contributed by atoms with E-state index in [2.05, 4.69) is 20.9 Å². The predicted octanol–water partition coefficient (Wildman–Crippen LogP) is 2.28. The zero-order valence-electron chi connectivity index (χ0n) is 19.8. The van der Waals surface area contributed by atoms with Gasteiger partial charge in [-0.1, -0.05) is 39.3 Å². The lowest BCUT2D eigenvalue weighted by atomic mass is 10.0. The minimum absolute atomic E-state index is 0.101. The van der Waals surface area contributed by atoms with Gasteiger partial charge in [-0.2, -0.15) is 0 Å². The van der Waals surface area contributed by atoms with E-state index >= 15 is 0 Å². The van der Waals surface area contributed by atoms with Crippen molar-refractivity contribution >= 4 is 23.7 Å². The molecule has 1 aromatic rings. The van der Waals surface area contributed by atoms with Crippen molar-refractivity contribution in [2.75, 3.05) is 0 Å². The molecule has 0 radical (unpaired) electrons. The number of esters is 1. The lowest BCUT2D eigenvalue weighted by Crippen LogP contribution is -2.48. The normalized spacial score (nSPS) is 21.9. The minimum atomic E-state index is -1.02. The smallest absolute Gasteiger partial charge is 0.329 e. The van der Waals surface area contributed by atoms with Gasteiger partial charge in [0.05, 0.1) is 18.7 Å². The molecule has 0 aliphatic carbocycles. The number of nitrogens with one attached hydrogen (secondary N) is 3. The van der Waals surface area contributed by atoms with Gasteiger partial charge in [-0.15, -0.1) is 0 Å². The molecule has 3 amide bonds. The molecule has 2 bridgehead atoms. The number of aromatic nitrogens is 1. The van der Waals surface area contributed by atoms with E-state index < -0.39 is 41.7 Å². The molecule has 34 heavy (non-hydrogen) atoms. The molecule has 3 N–H and O–H groups in total. The van der Waals surface area contributed by atoms with Gasteiger partial charge in [0.2, 0.25) is 5.91 Å². The van der Waals surface area contributed by atoms with Gasteiger partial charge in [0.25, 0.3) is 11.8 Å². The maximum absolute atomic E-state index is 14.2. The van der Waals surface area contributed by atoms with Gasteiger partial charge >= 0.3 is 5.97 Å². The van der Waals surface area contributed by atoms with Gasteiger partial charge in [0, 0.05) is 0 Å². The van der Waals surface area contributed by atoms with Crippen LogP contribution in [0, 0.1) is 11.7 Å². The Labute approximate surface area is 198 Å². The highest BCUT2D eigenvalue weighted by atomic mass is 19.1. The fraction of sp³-hybridized carbons (Fsp3) is 0.458. The predicted molar refractivity (Wildman–Crippen MR) is 123 cm³/mol. The average molecular weight is 475 g/mol. The van der Waals surface area contributed by atoms with E-state index in [-0.39, 0.29) is 36.0 Å². The molecule has 2 atom stereocenters. The van der Waals surface area contributed by atoms with Crippen molar-refractivity contribution in [3.63, 3.8) is 0 Å². The van der Waals surface area contributed by atoms with Gasteiger partial charge in [0.1, 0.15) is 29.4 Å². The first-order valence-electron chi connectivity index (χ1n) is 11.2. The van der Waals surface area contributed by atoms with E-state index in [1.807, 2.05) is 13.0 Å². The molecule has 10 heteroatoms. The van der Waals surface area contributed by atoms with E-state index in [0.717, 1.165) is 18.9 Å². The molecule has 1 aliphatic rings. The van der Waals surface area contributed by atoms with Gasteiger partial charge < -0.3 is 20.7 Å². The van der Waals surface area contributed by atoms with Crippen LogP contribution >= 0.6 is 0 Å². The summed E-state index contributed by atoms with van der Waals surface area (Å²) in [5.41, 5.74) is -0.379. The van der Waals surface area contributed by atoms with Crippen molar-refractivity contribution < 1.29 is 28.3 Å². The topological polar surface area (TPSA) is 126 Å². The molecule has 0 saturated carbocycles. The number of ether oxygens (including phenoxy) is 1. The van der Waals surface area contributed by atoms with E-state index in [0.29, 0.717) is 0 Å². The maximum atomic E-state index is 14.2. The number of nitrogens with zero attached hydrogens (tertiary/aromatic N) is 1. The molecule has 2 rings (SSSR count). The van der Waals surface area contributed by atoms with Crippen LogP contribution in [0.3, 0.4) is 0 Å². The standard InChI is InChI=1S/C24H31FN4O5/c1-5-7-8-9-15-12-20(30)26-13-19-16(25)10-11-18(27-19)23(32)28-17(6-2)22(31)29-21(14(3)4)24(33)34-15/h6,8-11,14-15,21H,5,7,12-13H2,1-4H3,(H,26,30)(H,28,32)(H,29,31)/b9-8+,17-6-/t15-,21+/m1/s1. The molecular weight excluding hydrogens is 443 g/mol. The van der Waals surface area contributed by atoms with Crippen LogP contribution in [0.2, 0.25) is 0 Å². The number of hydrogen-bond donors (Lipinski definition) is 3. The molecule has 0 fully saturated rings. The van der Waals surface area contributed by atoms with Crippen molar-refractivity contribution in [3.8, 4) is 0 Å². The molecule has 0 saturated heterocycles. The number of carbonyl (C=O) groups is 4. The quantitative estimate of drug-likeness (QED) is 0.349. The number of allylic oxidation sites excluding steroid dienone is 2. The molecule has 9 nitrogen and oxygen atoms in total. The molecule has 1 aliphatic heterocycles. The van der Waals surface area contributed by atoms with Gasteiger partial charge in [-0.05, 0) is 37.5 Å². The number of carbonyl (C=O) groups excluding carboxylic acids is 4. The van der Waals surface area contributed by atoms with Crippen LogP contribution in [0.25, 0.3) is 0 Å². The summed E-state index contributed by atoms with van der Waals surface area (Å²) >= 11 is 0. The average Bonchev–Trinajstić information content (AvgIpc) is 2.79. The van der Waals surface area contributed by atoms with Crippen molar-refractivity contribution in [1.29, 1.82) is 0 Å². The van der Waals surface area contributed by atoms with E-state index in [4.69, 9.17) is 4.74 Å². The highest BCUT2D eigenvalue weighted by Gasteiger charge is 2.30. The second-order valence-corrected chi connectivity index (χ2v) is 8.15. The number of pyridine rings is 1. The highest BCUT2D eigenvalue weighted by molar-refractivity contribution is 6.03. The lowest BCUT2D eigenvalue weighted by Gasteiger charge is -2.24. The van der Waals surface area contributed by atoms with Crippen LogP contribution in [-0.2, 0) is 25.7 Å². The van der Waals surface area contributed by atoms with E-state index in [9.17, 15) is 23.6 Å². The SMILES string of the molecule is C/C=C1\NC(=O)c2ccc(F)c(n2)CNC(=O)C[C@@H](/C=C/CCC)OC(=O)[C@H](C(C)C)NC1=O. The van der Waals surface area contributed by atoms with Crippen LogP contribution in [0.15, 0.2) is 36.1 Å². The Hall–Kier alpha value is -3.56. The first kappa shape index (κ1) is 26.7. The number of hydrogen-bond acceptors (Lipinski definition) is 6. The van der Waals surface area contributed by atoms with Crippen molar-refractivity contribution in [3.05, 3.63) is 53.3 Å². The minimum Gasteiger partial charge on any atom is -0.456 e. The third kappa shape index (κ3) is 7.50. The van der Waals surface area contributed by atoms with E-state index in [1.165, 1.54) is 12.1 Å². The van der Waals surface area contributed by atoms with Crippen LogP contribution in [0.4, 0.5) is 4.39 Å². The van der Waals surface area contributed by atoms with Crippen LogP contribution in [0.1, 0.15) is 63.1 Å². The Morgan fingerprint density at radius 3 is 2.59 bits per heavy atom. The fourth-order valence-electron chi connectivity index (χ4n) is 3.12. The van der Waals surface area contributed by atoms with Crippen LogP contribution < -0.4 is 16.0 Å². The number of amides is 3. The van der Waals surface area contributed by atoms with Gasteiger partial charge in [-0.25, -0.2) is 14.2 Å². The van der Waals surface area contributed by atoms with Crippen molar-refractivity contribution in [2.45, 2.75) is 65.6 Å². The molecule has 0 unspecified atom stereocenters. The third-order valence-corrected chi connectivity index (χ3v) is 5.05. The van der Waals surface area contributed by atoms with Crippen molar-refractivity contribution in [1.82, 2.24) is 20.9 Å². The molecular formula is C24H31FN4O5. The van der Waals surface area contributed by atoms with Crippen molar-refractivity contribution in [2.24, 2.45) is 5.92 Å². The number of rotatable bonds is 4. The number of cyclic esters (lactones) is 1. The summed E-state index contributed by atoms with van der Waals surface area (Å²) in [4.78, 5) is 54.8. The lowest BCUT2D eigenvalue weighted by molar-refractivity contribution is -0.153. The highest BCUT2D eigenvalue weighted by Crippen LogP contribution is 2.12. The van der Waals surface area contributed by atoms with Crippen LogP contribution in [0.5, 0.6) is 0 Å². The summed E-state index contributed by atoms with van der Waals surface area (Å²) in [6.07, 6.45) is 5.33. The maximum Gasteiger partial charge on any atom is 0.329 e. The second kappa shape index (κ2) is 12.6. The Kier molecular flexibility index (Phi) is 9.91. The summed E-state index contributed by atoms with van der Waals surface area (Å²) in [5, 5.41) is 7.56. The molecule has 0 aromatic carbocycles. The molecule has 0 spiro atoms. The summed E-state index contributed by atoms with van der Waals surface area (Å²) < 4.78 is 19.8. The monoisotopic (exact) mass is 474 g/mol. The summed E-state index contributed by atoms with van der Waals surface area (Å²) in [6.45, 7) is 6.73. The summed E-state index contributed by atoms with van der Waals surface area (Å²) in [5.74, 6) is -3.69. The Bertz CT molecular complexity index is 990. The third-order valence-electron chi connectivity index (χ3n) is 5.05. The summed E-state index contributed by atoms with van der Waals surface area (Å²) in [7, 11) is 0. The summed E-state index contributed by atoms with van der Waals surface area (Å²) in [6, 6.07) is 1.22. The zero-order chi connectivity index (χ0) is 25.3. The molecule has 184 valence electrons. The fourth-order valence-corrected chi connectivity index (χ4v) is 3.12. The first-order valence-corrected chi connectivity index (χ1v) is 11.2. The number of unbranched alkanes of at least 4 members (excludes halogenated alkanes) is 1. The Morgan fingerprint density at radius 2 is 1.94 bits per heavy atom. The number of fused-ring (bicyclic) bond motifs is 2.